The van der Waals surface area contributed by atoms with Crippen LogP contribution in [0.3, 0.4) is 0 Å². The molecule has 0 heterocycles. The van der Waals surface area contributed by atoms with Crippen LogP contribution in [0.5, 0.6) is 0 Å². The molecule has 0 amide bonds. The third kappa shape index (κ3) is 7.99. The lowest BCUT2D eigenvalue weighted by Crippen LogP contribution is -2.46. The fourth-order valence-electron chi connectivity index (χ4n) is 3.95. The maximum Gasteiger partial charge on any atom is 0.0678 e. The minimum Gasteiger partial charge on any atom is -0.390 e. The van der Waals surface area contributed by atoms with Crippen molar-refractivity contribution in [3.8, 4) is 0 Å². The van der Waals surface area contributed by atoms with Crippen molar-refractivity contribution in [2.75, 3.05) is 6.61 Å². The van der Waals surface area contributed by atoms with Crippen LogP contribution < -0.4 is 0 Å². The predicted octanol–water partition coefficient (Wildman–Crippen LogP) is 6.85. The maximum absolute atomic E-state index is 10.2. The summed E-state index contributed by atoms with van der Waals surface area (Å²) in [5.41, 5.74) is -0.278. The van der Waals surface area contributed by atoms with E-state index in [1.54, 1.807) is 0 Å². The minimum absolute atomic E-state index is 0.101. The van der Waals surface area contributed by atoms with Gasteiger partial charge in [0.2, 0.25) is 0 Å². The van der Waals surface area contributed by atoms with Crippen LogP contribution in [0.2, 0.25) is 0 Å². The zero-order valence-corrected chi connectivity index (χ0v) is 19.7. The van der Waals surface area contributed by atoms with Gasteiger partial charge in [-0.1, -0.05) is 62.3 Å². The highest BCUT2D eigenvalue weighted by atomic mass is 16.5. The highest BCUT2D eigenvalue weighted by molar-refractivity contribution is 4.93. The van der Waals surface area contributed by atoms with Crippen LogP contribution in [0.15, 0.2) is 0 Å². The Bertz CT molecular complexity index is 374. The standard InChI is InChI=1S/C23H48O2/c1-18(2,3)16-20(6,7)19(4,5)14-15-25-23(12,13)21(8,9)17-22(10,11)24/h24H,14-17H2,1-13H3. The van der Waals surface area contributed by atoms with E-state index < -0.39 is 5.60 Å². The molecule has 0 aliphatic heterocycles. The highest BCUT2D eigenvalue weighted by Crippen LogP contribution is 2.49. The molecule has 2 nitrogen and oxygen atoms in total. The van der Waals surface area contributed by atoms with E-state index in [2.05, 4.69) is 76.2 Å². The van der Waals surface area contributed by atoms with E-state index in [4.69, 9.17) is 4.74 Å². The van der Waals surface area contributed by atoms with Crippen molar-refractivity contribution in [3.63, 3.8) is 0 Å². The Hall–Kier alpha value is -0.0800. The third-order valence-corrected chi connectivity index (χ3v) is 6.50. The zero-order valence-electron chi connectivity index (χ0n) is 19.7. The van der Waals surface area contributed by atoms with Gasteiger partial charge in [0.25, 0.3) is 0 Å². The Kier molecular flexibility index (Phi) is 7.48. The number of rotatable bonds is 9. The SMILES string of the molecule is CC(C)(C)CC(C)(C)C(C)(C)CCOC(C)(C)C(C)(C)CC(C)(C)O. The summed E-state index contributed by atoms with van der Waals surface area (Å²) in [7, 11) is 0. The quantitative estimate of drug-likeness (QED) is 0.489. The van der Waals surface area contributed by atoms with E-state index in [0.717, 1.165) is 13.0 Å². The fraction of sp³-hybridized carbons (Fsp3) is 1.00. The molecule has 0 aromatic carbocycles. The fourth-order valence-corrected chi connectivity index (χ4v) is 3.95. The summed E-state index contributed by atoms with van der Waals surface area (Å²) in [4.78, 5) is 0. The summed E-state index contributed by atoms with van der Waals surface area (Å²) in [6.45, 7) is 29.7. The molecule has 1 N–H and O–H groups in total. The third-order valence-electron chi connectivity index (χ3n) is 6.50. The first-order chi connectivity index (χ1) is 10.6. The van der Waals surface area contributed by atoms with Gasteiger partial charge in [0.1, 0.15) is 0 Å². The summed E-state index contributed by atoms with van der Waals surface area (Å²) in [5, 5.41) is 10.2. The van der Waals surface area contributed by atoms with Gasteiger partial charge < -0.3 is 9.84 Å². The first-order valence-electron chi connectivity index (χ1n) is 9.98. The van der Waals surface area contributed by atoms with Gasteiger partial charge in [-0.05, 0) is 68.6 Å². The lowest BCUT2D eigenvalue weighted by atomic mass is 9.60. The van der Waals surface area contributed by atoms with Gasteiger partial charge in [-0.25, -0.2) is 0 Å². The molecule has 0 radical (unpaired) electrons. The predicted molar refractivity (Wildman–Crippen MR) is 111 cm³/mol. The Morgan fingerprint density at radius 1 is 0.600 bits per heavy atom. The van der Waals surface area contributed by atoms with Crippen LogP contribution in [0.4, 0.5) is 0 Å². The monoisotopic (exact) mass is 356 g/mol. The molecule has 0 unspecified atom stereocenters. The van der Waals surface area contributed by atoms with Gasteiger partial charge in [0.05, 0.1) is 11.2 Å². The average molecular weight is 357 g/mol. The summed E-state index contributed by atoms with van der Waals surface area (Å²) in [5.74, 6) is 0. The molecule has 0 saturated carbocycles. The van der Waals surface area contributed by atoms with Crippen molar-refractivity contribution >= 4 is 0 Å². The van der Waals surface area contributed by atoms with Crippen molar-refractivity contribution in [3.05, 3.63) is 0 Å². The zero-order chi connectivity index (χ0) is 20.5. The van der Waals surface area contributed by atoms with E-state index in [1.807, 2.05) is 13.8 Å². The molecule has 0 spiro atoms. The first-order valence-corrected chi connectivity index (χ1v) is 9.98. The largest absolute Gasteiger partial charge is 0.390 e. The normalized spacial score (nSPS) is 15.6. The van der Waals surface area contributed by atoms with Gasteiger partial charge in [0, 0.05) is 6.61 Å². The van der Waals surface area contributed by atoms with Crippen molar-refractivity contribution in [2.24, 2.45) is 21.7 Å². The Labute approximate surface area is 159 Å². The Morgan fingerprint density at radius 3 is 1.40 bits per heavy atom. The van der Waals surface area contributed by atoms with Gasteiger partial charge in [0.15, 0.2) is 0 Å². The maximum atomic E-state index is 10.2. The molecule has 152 valence electrons. The van der Waals surface area contributed by atoms with Crippen molar-refractivity contribution in [1.29, 1.82) is 0 Å². The number of hydrogen-bond donors (Lipinski definition) is 1. The van der Waals surface area contributed by atoms with Crippen LogP contribution in [-0.4, -0.2) is 22.9 Å². The molecule has 0 bridgehead atoms. The molecule has 0 aromatic rings. The molecule has 0 aliphatic carbocycles. The molecule has 0 aliphatic rings. The second kappa shape index (κ2) is 7.50. The van der Waals surface area contributed by atoms with E-state index in [1.165, 1.54) is 6.42 Å². The Morgan fingerprint density at radius 2 is 1.04 bits per heavy atom. The first kappa shape index (κ1) is 24.9. The molecule has 0 saturated heterocycles. The molecule has 0 atom stereocenters. The van der Waals surface area contributed by atoms with E-state index in [-0.39, 0.29) is 21.8 Å². The number of ether oxygens (including phenoxy) is 1. The lowest BCUT2D eigenvalue weighted by Gasteiger charge is -2.47. The van der Waals surface area contributed by atoms with E-state index >= 15 is 0 Å². The highest BCUT2D eigenvalue weighted by Gasteiger charge is 2.43. The van der Waals surface area contributed by atoms with Crippen molar-refractivity contribution in [1.82, 2.24) is 0 Å². The van der Waals surface area contributed by atoms with Crippen molar-refractivity contribution < 1.29 is 9.84 Å². The van der Waals surface area contributed by atoms with Crippen LogP contribution in [0.25, 0.3) is 0 Å². The second-order valence-corrected chi connectivity index (χ2v) is 12.5. The number of aliphatic hydroxyl groups is 1. The smallest absolute Gasteiger partial charge is 0.0678 e. The summed E-state index contributed by atoms with van der Waals surface area (Å²) >= 11 is 0. The van der Waals surface area contributed by atoms with E-state index in [9.17, 15) is 5.11 Å². The molecule has 25 heavy (non-hydrogen) atoms. The molecule has 0 aromatic heterocycles. The van der Waals surface area contributed by atoms with Gasteiger partial charge >= 0.3 is 0 Å². The van der Waals surface area contributed by atoms with Gasteiger partial charge in [-0.15, -0.1) is 0 Å². The molecular formula is C23H48O2. The van der Waals surface area contributed by atoms with Gasteiger partial charge in [-0.2, -0.15) is 0 Å². The van der Waals surface area contributed by atoms with Crippen LogP contribution in [-0.2, 0) is 4.74 Å². The van der Waals surface area contributed by atoms with Crippen LogP contribution in [0, 0.1) is 21.7 Å². The second-order valence-electron chi connectivity index (χ2n) is 12.5. The minimum atomic E-state index is -0.682. The average Bonchev–Trinajstić information content (AvgIpc) is 2.20. The van der Waals surface area contributed by atoms with Crippen molar-refractivity contribution in [2.45, 2.75) is 120 Å². The molecular weight excluding hydrogens is 308 g/mol. The van der Waals surface area contributed by atoms with Crippen LogP contribution >= 0.6 is 0 Å². The van der Waals surface area contributed by atoms with Crippen LogP contribution in [0.1, 0.15) is 109 Å². The summed E-state index contributed by atoms with van der Waals surface area (Å²) < 4.78 is 6.39. The number of hydrogen-bond acceptors (Lipinski definition) is 2. The lowest BCUT2D eigenvalue weighted by molar-refractivity contribution is -0.131. The summed E-state index contributed by atoms with van der Waals surface area (Å²) in [6.07, 6.45) is 2.95. The molecule has 0 fully saturated rings. The topological polar surface area (TPSA) is 29.5 Å². The molecule has 0 rings (SSSR count). The Balaban J connectivity index is 4.92. The molecule has 2 heteroatoms. The van der Waals surface area contributed by atoms with E-state index in [0.29, 0.717) is 11.8 Å². The summed E-state index contributed by atoms with van der Waals surface area (Å²) in [6, 6.07) is 0. The van der Waals surface area contributed by atoms with Gasteiger partial charge in [-0.3, -0.25) is 0 Å².